The summed E-state index contributed by atoms with van der Waals surface area (Å²) >= 11 is 0. The molecule has 0 radical (unpaired) electrons. The van der Waals surface area contributed by atoms with Crippen LogP contribution in [0.4, 0.5) is 4.39 Å². The third kappa shape index (κ3) is 2.62. The van der Waals surface area contributed by atoms with Crippen molar-refractivity contribution in [3.63, 3.8) is 0 Å². The summed E-state index contributed by atoms with van der Waals surface area (Å²) in [5, 5.41) is 0. The number of ether oxygens (including phenoxy) is 1. The van der Waals surface area contributed by atoms with Crippen LogP contribution in [0.2, 0.25) is 0 Å². The Hall–Kier alpha value is -0.890. The molecule has 1 fully saturated rings. The van der Waals surface area contributed by atoms with E-state index >= 15 is 0 Å². The molecule has 2 heteroatoms. The quantitative estimate of drug-likeness (QED) is 0.689. The zero-order chi connectivity index (χ0) is 11.5. The molecule has 2 rings (SSSR count). The SMILES string of the molecule is CCC(CC1OC1CC)c1ccc(F)cc1. The molecule has 88 valence electrons. The van der Waals surface area contributed by atoms with Crippen LogP contribution in [0.5, 0.6) is 0 Å². The average Bonchev–Trinajstić information content (AvgIpc) is 3.06. The van der Waals surface area contributed by atoms with Gasteiger partial charge in [-0.3, -0.25) is 0 Å². The molecule has 3 atom stereocenters. The predicted molar refractivity (Wildman–Crippen MR) is 63.0 cm³/mol. The molecule has 0 saturated carbocycles. The van der Waals surface area contributed by atoms with Crippen LogP contribution in [0.3, 0.4) is 0 Å². The van der Waals surface area contributed by atoms with Crippen molar-refractivity contribution in [1.29, 1.82) is 0 Å². The third-order valence-electron chi connectivity index (χ3n) is 3.44. The Morgan fingerprint density at radius 2 is 1.88 bits per heavy atom. The molecule has 0 aliphatic carbocycles. The number of hydrogen-bond acceptors (Lipinski definition) is 1. The van der Waals surface area contributed by atoms with E-state index in [4.69, 9.17) is 4.74 Å². The Labute approximate surface area is 96.6 Å². The molecule has 1 aliphatic heterocycles. The lowest BCUT2D eigenvalue weighted by Crippen LogP contribution is -2.03. The smallest absolute Gasteiger partial charge is 0.123 e. The predicted octanol–water partition coefficient (Wildman–Crippen LogP) is 3.89. The number of rotatable bonds is 5. The first-order valence-corrected chi connectivity index (χ1v) is 6.15. The molecule has 3 unspecified atom stereocenters. The number of halogens is 1. The molecule has 1 saturated heterocycles. The minimum atomic E-state index is -0.160. The molecule has 16 heavy (non-hydrogen) atoms. The van der Waals surface area contributed by atoms with Crippen LogP contribution < -0.4 is 0 Å². The van der Waals surface area contributed by atoms with Gasteiger partial charge in [0.05, 0.1) is 12.2 Å². The largest absolute Gasteiger partial charge is 0.370 e. The summed E-state index contributed by atoms with van der Waals surface area (Å²) < 4.78 is 18.4. The Balaban J connectivity index is 1.97. The normalized spacial score (nSPS) is 25.4. The summed E-state index contributed by atoms with van der Waals surface area (Å²) in [5.74, 6) is 0.342. The van der Waals surface area contributed by atoms with Crippen molar-refractivity contribution in [2.45, 2.75) is 51.2 Å². The van der Waals surface area contributed by atoms with Gasteiger partial charge in [-0.2, -0.15) is 0 Å². The van der Waals surface area contributed by atoms with E-state index in [1.54, 1.807) is 12.1 Å². The van der Waals surface area contributed by atoms with E-state index in [1.165, 1.54) is 5.56 Å². The number of epoxide rings is 1. The fourth-order valence-corrected chi connectivity index (χ4v) is 2.30. The topological polar surface area (TPSA) is 12.5 Å². The molecular formula is C14H19FO. The highest BCUT2D eigenvalue weighted by Gasteiger charge is 2.38. The standard InChI is InChI=1S/C14H19FO/c1-3-10(9-14-13(4-2)16-14)11-5-7-12(15)8-6-11/h5-8,10,13-14H,3-4,9H2,1-2H3. The second-order valence-electron chi connectivity index (χ2n) is 4.51. The van der Waals surface area contributed by atoms with Gasteiger partial charge in [0.2, 0.25) is 0 Å². The highest BCUT2D eigenvalue weighted by molar-refractivity contribution is 5.21. The zero-order valence-electron chi connectivity index (χ0n) is 9.95. The average molecular weight is 222 g/mol. The third-order valence-corrected chi connectivity index (χ3v) is 3.44. The van der Waals surface area contributed by atoms with Crippen LogP contribution in [0.15, 0.2) is 24.3 Å². The van der Waals surface area contributed by atoms with Crippen LogP contribution in [-0.2, 0) is 4.74 Å². The van der Waals surface area contributed by atoms with E-state index in [9.17, 15) is 4.39 Å². The summed E-state index contributed by atoms with van der Waals surface area (Å²) in [7, 11) is 0. The van der Waals surface area contributed by atoms with Gasteiger partial charge in [-0.1, -0.05) is 26.0 Å². The van der Waals surface area contributed by atoms with Crippen LogP contribution >= 0.6 is 0 Å². The number of benzene rings is 1. The zero-order valence-corrected chi connectivity index (χ0v) is 9.95. The van der Waals surface area contributed by atoms with Gasteiger partial charge in [0, 0.05) is 0 Å². The van der Waals surface area contributed by atoms with E-state index < -0.39 is 0 Å². The van der Waals surface area contributed by atoms with Gasteiger partial charge in [0.15, 0.2) is 0 Å². The highest BCUT2D eigenvalue weighted by atomic mass is 19.1. The second kappa shape index (κ2) is 4.96. The fraction of sp³-hybridized carbons (Fsp3) is 0.571. The molecule has 0 amide bonds. The maximum Gasteiger partial charge on any atom is 0.123 e. The Bertz CT molecular complexity index is 333. The Morgan fingerprint density at radius 1 is 1.19 bits per heavy atom. The van der Waals surface area contributed by atoms with E-state index in [1.807, 2.05) is 12.1 Å². The Kier molecular flexibility index (Phi) is 3.59. The summed E-state index contributed by atoms with van der Waals surface area (Å²) in [6, 6.07) is 6.88. The highest BCUT2D eigenvalue weighted by Crippen LogP contribution is 2.35. The second-order valence-corrected chi connectivity index (χ2v) is 4.51. The van der Waals surface area contributed by atoms with Crippen molar-refractivity contribution in [2.75, 3.05) is 0 Å². The molecule has 0 N–H and O–H groups in total. The van der Waals surface area contributed by atoms with Crippen LogP contribution in [0, 0.1) is 5.82 Å². The van der Waals surface area contributed by atoms with Crippen molar-refractivity contribution < 1.29 is 9.13 Å². The van der Waals surface area contributed by atoms with E-state index in [-0.39, 0.29) is 5.82 Å². The van der Waals surface area contributed by atoms with Crippen molar-refractivity contribution in [1.82, 2.24) is 0 Å². The first-order valence-electron chi connectivity index (χ1n) is 6.15. The maximum atomic E-state index is 12.8. The minimum Gasteiger partial charge on any atom is -0.370 e. The molecule has 0 spiro atoms. The molecule has 0 bridgehead atoms. The van der Waals surface area contributed by atoms with Gasteiger partial charge in [0.25, 0.3) is 0 Å². The van der Waals surface area contributed by atoms with Crippen LogP contribution in [-0.4, -0.2) is 12.2 Å². The summed E-state index contributed by atoms with van der Waals surface area (Å²) in [6.45, 7) is 4.33. The molecule has 0 aromatic heterocycles. The van der Waals surface area contributed by atoms with E-state index in [2.05, 4.69) is 13.8 Å². The Morgan fingerprint density at radius 3 is 2.38 bits per heavy atom. The van der Waals surface area contributed by atoms with E-state index in [0.29, 0.717) is 18.1 Å². The van der Waals surface area contributed by atoms with E-state index in [0.717, 1.165) is 19.3 Å². The van der Waals surface area contributed by atoms with Gasteiger partial charge in [-0.25, -0.2) is 4.39 Å². The lowest BCUT2D eigenvalue weighted by Gasteiger charge is -2.13. The molecule has 1 nitrogen and oxygen atoms in total. The van der Waals surface area contributed by atoms with Gasteiger partial charge in [0.1, 0.15) is 5.82 Å². The molecule has 1 aromatic carbocycles. The van der Waals surface area contributed by atoms with Crippen molar-refractivity contribution >= 4 is 0 Å². The van der Waals surface area contributed by atoms with Gasteiger partial charge in [-0.05, 0) is 42.9 Å². The summed E-state index contributed by atoms with van der Waals surface area (Å²) in [6.07, 6.45) is 4.15. The van der Waals surface area contributed by atoms with Crippen molar-refractivity contribution in [2.24, 2.45) is 0 Å². The molecule has 1 heterocycles. The summed E-state index contributed by atoms with van der Waals surface area (Å²) in [4.78, 5) is 0. The fourth-order valence-electron chi connectivity index (χ4n) is 2.30. The van der Waals surface area contributed by atoms with Crippen LogP contribution in [0.1, 0.15) is 44.6 Å². The molecular weight excluding hydrogens is 203 g/mol. The monoisotopic (exact) mass is 222 g/mol. The lowest BCUT2D eigenvalue weighted by molar-refractivity contribution is 0.349. The first kappa shape index (κ1) is 11.6. The van der Waals surface area contributed by atoms with Gasteiger partial charge in [-0.15, -0.1) is 0 Å². The lowest BCUT2D eigenvalue weighted by atomic mass is 9.91. The first-order chi connectivity index (χ1) is 7.74. The van der Waals surface area contributed by atoms with Crippen LogP contribution in [0.25, 0.3) is 0 Å². The van der Waals surface area contributed by atoms with Gasteiger partial charge < -0.3 is 4.74 Å². The molecule has 1 aromatic rings. The maximum absolute atomic E-state index is 12.8. The van der Waals surface area contributed by atoms with Crippen molar-refractivity contribution in [3.8, 4) is 0 Å². The number of hydrogen-bond donors (Lipinski definition) is 0. The summed E-state index contributed by atoms with van der Waals surface area (Å²) in [5.41, 5.74) is 1.23. The van der Waals surface area contributed by atoms with Gasteiger partial charge >= 0.3 is 0 Å². The molecule has 1 aliphatic rings. The minimum absolute atomic E-state index is 0.160. The van der Waals surface area contributed by atoms with Crippen molar-refractivity contribution in [3.05, 3.63) is 35.6 Å².